The summed E-state index contributed by atoms with van der Waals surface area (Å²) in [6.45, 7) is 1.93. The number of fused-ring (bicyclic) bond motifs is 1. The molecule has 1 aliphatic rings. The van der Waals surface area contributed by atoms with Crippen LogP contribution in [0.2, 0.25) is 0 Å². The molecule has 7 heteroatoms. The molecule has 16 heavy (non-hydrogen) atoms. The first kappa shape index (κ1) is 15.6. The molecule has 1 heterocycles. The third kappa shape index (κ3) is 3.29. The van der Waals surface area contributed by atoms with Crippen LogP contribution in [0, 0.1) is 0 Å². The van der Waals surface area contributed by atoms with Crippen LogP contribution in [-0.4, -0.2) is 26.0 Å². The number of nitrogens with zero attached hydrogens (tertiary/aromatic N) is 1. The van der Waals surface area contributed by atoms with Crippen molar-refractivity contribution in [2.75, 3.05) is 6.61 Å². The average Bonchev–Trinajstić information content (AvgIpc) is 2.40. The second kappa shape index (κ2) is 6.36. The Morgan fingerprint density at radius 3 is 2.31 bits per heavy atom. The summed E-state index contributed by atoms with van der Waals surface area (Å²) in [5, 5.41) is 7.57. The van der Waals surface area contributed by atoms with Crippen LogP contribution in [-0.2, 0) is 10.0 Å². The van der Waals surface area contributed by atoms with Gasteiger partial charge in [-0.1, -0.05) is 18.2 Å². The predicted octanol–water partition coefficient (Wildman–Crippen LogP) is -2.09. The summed E-state index contributed by atoms with van der Waals surface area (Å²) in [7, 11) is -3.68. The Morgan fingerprint density at radius 1 is 1.31 bits per heavy atom. The van der Waals surface area contributed by atoms with Gasteiger partial charge in [0.1, 0.15) is 10.0 Å². The van der Waals surface area contributed by atoms with Gasteiger partial charge in [-0.25, -0.2) is 8.42 Å². The Morgan fingerprint density at radius 2 is 1.81 bits per heavy atom. The third-order valence-corrected chi connectivity index (χ3v) is 2.92. The number of amides is 1. The topological polar surface area (TPSA) is 85.5 Å². The number of sulfonamides is 1. The van der Waals surface area contributed by atoms with Crippen molar-refractivity contribution < 1.29 is 47.9 Å². The molecule has 0 spiro atoms. The summed E-state index contributed by atoms with van der Waals surface area (Å²) in [6.07, 6.45) is 0. The fourth-order valence-electron chi connectivity index (χ4n) is 1.08. The van der Waals surface area contributed by atoms with Crippen molar-refractivity contribution in [2.24, 2.45) is 0 Å². The van der Waals surface area contributed by atoms with E-state index in [9.17, 15) is 13.2 Å². The SMILES string of the molecule is CCO.O=C1[N-]S(=O)(=O)c2ccccc21.[Na+]. The zero-order valence-electron chi connectivity index (χ0n) is 9.04. The first-order valence-electron chi connectivity index (χ1n) is 4.25. The molecule has 0 fully saturated rings. The van der Waals surface area contributed by atoms with E-state index in [0.717, 1.165) is 0 Å². The van der Waals surface area contributed by atoms with Crippen molar-refractivity contribution in [3.05, 3.63) is 34.6 Å². The maximum absolute atomic E-state index is 11.1. The Balaban J connectivity index is 0.000000511. The molecule has 1 amide bonds. The molecular weight excluding hydrogens is 241 g/mol. The Hall–Kier alpha value is -0.400. The largest absolute Gasteiger partial charge is 1.00 e. The van der Waals surface area contributed by atoms with Gasteiger partial charge in [-0.2, -0.15) is 0 Å². The van der Waals surface area contributed by atoms with Crippen LogP contribution in [0.4, 0.5) is 0 Å². The van der Waals surface area contributed by atoms with Crippen LogP contribution < -0.4 is 29.6 Å². The summed E-state index contributed by atoms with van der Waals surface area (Å²) in [5.74, 6) is -0.675. The molecular formula is C9H10NNaO4S. The molecule has 0 aliphatic carbocycles. The van der Waals surface area contributed by atoms with Crippen LogP contribution in [0.15, 0.2) is 29.2 Å². The van der Waals surface area contributed by atoms with Gasteiger partial charge in [0.05, 0.1) is 10.8 Å². The number of rotatable bonds is 0. The molecule has 0 saturated carbocycles. The molecule has 5 nitrogen and oxygen atoms in total. The van der Waals surface area contributed by atoms with Gasteiger partial charge in [-0.05, 0) is 13.0 Å². The van der Waals surface area contributed by atoms with E-state index in [0.29, 0.717) is 0 Å². The molecule has 1 aliphatic heterocycles. The van der Waals surface area contributed by atoms with E-state index in [1.54, 1.807) is 19.1 Å². The van der Waals surface area contributed by atoms with E-state index in [2.05, 4.69) is 4.72 Å². The molecule has 82 valence electrons. The minimum Gasteiger partial charge on any atom is -0.537 e. The van der Waals surface area contributed by atoms with Gasteiger partial charge < -0.3 is 14.6 Å². The van der Waals surface area contributed by atoms with Gasteiger partial charge >= 0.3 is 29.6 Å². The van der Waals surface area contributed by atoms with Crippen LogP contribution >= 0.6 is 0 Å². The number of benzene rings is 1. The predicted molar refractivity (Wildman–Crippen MR) is 54.1 cm³/mol. The molecule has 1 aromatic carbocycles. The van der Waals surface area contributed by atoms with Crippen molar-refractivity contribution in [1.29, 1.82) is 0 Å². The monoisotopic (exact) mass is 251 g/mol. The molecule has 0 saturated heterocycles. The van der Waals surface area contributed by atoms with Crippen molar-refractivity contribution in [3.63, 3.8) is 0 Å². The Kier molecular flexibility index (Phi) is 6.20. The average molecular weight is 251 g/mol. The van der Waals surface area contributed by atoms with Crippen molar-refractivity contribution in [2.45, 2.75) is 11.8 Å². The summed E-state index contributed by atoms with van der Waals surface area (Å²) < 4.78 is 25.2. The van der Waals surface area contributed by atoms with Crippen LogP contribution in [0.3, 0.4) is 0 Å². The first-order chi connectivity index (χ1) is 7.03. The van der Waals surface area contributed by atoms with E-state index in [1.165, 1.54) is 12.1 Å². The quantitative estimate of drug-likeness (QED) is 0.535. The normalized spacial score (nSPS) is 15.0. The van der Waals surface area contributed by atoms with Gasteiger partial charge in [0.2, 0.25) is 0 Å². The van der Waals surface area contributed by atoms with Gasteiger partial charge in [-0.3, -0.25) is 0 Å². The smallest absolute Gasteiger partial charge is 0.537 e. The second-order valence-electron chi connectivity index (χ2n) is 2.68. The Bertz CT molecular complexity index is 472. The molecule has 2 rings (SSSR count). The summed E-state index contributed by atoms with van der Waals surface area (Å²) in [6, 6.07) is 5.99. The fourth-order valence-corrected chi connectivity index (χ4v) is 2.17. The van der Waals surface area contributed by atoms with Gasteiger partial charge in [-0.15, -0.1) is 0 Å². The van der Waals surface area contributed by atoms with Crippen LogP contribution in [0.25, 0.3) is 4.72 Å². The standard InChI is InChI=1S/C7H5NO3S.C2H6O.Na/c9-7-5-3-1-2-4-6(5)12(10,11)8-7;1-2-3;/h1-4H,(H,8,9);3H,2H2,1H3;/q;;+1/p-1. The molecule has 0 atom stereocenters. The van der Waals surface area contributed by atoms with E-state index < -0.39 is 15.9 Å². The third-order valence-electron chi connectivity index (χ3n) is 1.60. The maximum atomic E-state index is 11.1. The minimum absolute atomic E-state index is 0. The molecule has 0 radical (unpaired) electrons. The van der Waals surface area contributed by atoms with Crippen molar-refractivity contribution in [1.82, 2.24) is 0 Å². The van der Waals surface area contributed by atoms with Crippen molar-refractivity contribution in [3.8, 4) is 0 Å². The van der Waals surface area contributed by atoms with Crippen molar-refractivity contribution >= 4 is 15.9 Å². The van der Waals surface area contributed by atoms with E-state index >= 15 is 0 Å². The Labute approximate surface area is 116 Å². The molecule has 0 aromatic heterocycles. The number of hydrogen-bond acceptors (Lipinski definition) is 4. The zero-order valence-corrected chi connectivity index (χ0v) is 11.9. The van der Waals surface area contributed by atoms with Gasteiger partial charge in [0, 0.05) is 12.2 Å². The van der Waals surface area contributed by atoms with E-state index in [-0.39, 0.29) is 46.6 Å². The molecule has 1 aromatic rings. The number of carbonyl (C=O) groups excluding carboxylic acids is 1. The zero-order chi connectivity index (χ0) is 11.5. The van der Waals surface area contributed by atoms with E-state index in [1.807, 2.05) is 0 Å². The van der Waals surface area contributed by atoms with E-state index in [4.69, 9.17) is 5.11 Å². The maximum Gasteiger partial charge on any atom is 1.00 e. The first-order valence-corrected chi connectivity index (χ1v) is 5.69. The molecule has 1 N–H and O–H groups in total. The fraction of sp³-hybridized carbons (Fsp3) is 0.222. The molecule has 0 unspecified atom stereocenters. The minimum atomic E-state index is -3.68. The van der Waals surface area contributed by atoms with Gasteiger partial charge in [0.25, 0.3) is 0 Å². The summed E-state index contributed by atoms with van der Waals surface area (Å²) in [5.41, 5.74) is 0.164. The summed E-state index contributed by atoms with van der Waals surface area (Å²) >= 11 is 0. The number of carbonyl (C=O) groups is 1. The second-order valence-corrected chi connectivity index (χ2v) is 4.26. The summed E-state index contributed by atoms with van der Waals surface area (Å²) in [4.78, 5) is 10.9. The number of hydrogen-bond donors (Lipinski definition) is 1. The number of aliphatic hydroxyl groups is 1. The van der Waals surface area contributed by atoms with Crippen LogP contribution in [0.5, 0.6) is 0 Å². The number of aliphatic hydroxyl groups excluding tert-OH is 1. The molecule has 0 bridgehead atoms. The van der Waals surface area contributed by atoms with Gasteiger partial charge in [0.15, 0.2) is 0 Å². The van der Waals surface area contributed by atoms with Crippen LogP contribution in [0.1, 0.15) is 17.3 Å².